The largest absolute Gasteiger partial charge is 0.242 e. The van der Waals surface area contributed by atoms with Gasteiger partial charge in [-0.05, 0) is 46.6 Å². The van der Waals surface area contributed by atoms with E-state index in [2.05, 4.69) is 20.7 Å². The third-order valence-electron chi connectivity index (χ3n) is 2.65. The average molecular weight is 371 g/mol. The Morgan fingerprint density at radius 3 is 2.75 bits per heavy atom. The van der Waals surface area contributed by atoms with Crippen LogP contribution in [0.15, 0.2) is 39.0 Å². The van der Waals surface area contributed by atoms with Crippen LogP contribution in [0.4, 0.5) is 0 Å². The van der Waals surface area contributed by atoms with Crippen LogP contribution in [0.1, 0.15) is 16.0 Å². The lowest BCUT2D eigenvalue weighted by Gasteiger charge is -2.06. The van der Waals surface area contributed by atoms with E-state index in [0.717, 1.165) is 14.2 Å². The van der Waals surface area contributed by atoms with Gasteiger partial charge in [0.15, 0.2) is 0 Å². The quantitative estimate of drug-likeness (QED) is 0.898. The summed E-state index contributed by atoms with van der Waals surface area (Å²) in [7, 11) is -3.54. The number of nitriles is 1. The lowest BCUT2D eigenvalue weighted by Crippen LogP contribution is -2.23. The summed E-state index contributed by atoms with van der Waals surface area (Å²) in [6.07, 6.45) is 0. The van der Waals surface area contributed by atoms with Crippen molar-refractivity contribution in [3.8, 4) is 6.07 Å². The first-order chi connectivity index (χ1) is 9.42. The fourth-order valence-electron chi connectivity index (χ4n) is 1.70. The third-order valence-corrected chi connectivity index (χ3v) is 5.86. The van der Waals surface area contributed by atoms with Gasteiger partial charge < -0.3 is 0 Å². The van der Waals surface area contributed by atoms with Gasteiger partial charge in [0.05, 0.1) is 20.3 Å². The van der Waals surface area contributed by atoms with Crippen molar-refractivity contribution >= 4 is 37.3 Å². The van der Waals surface area contributed by atoms with Gasteiger partial charge in [-0.15, -0.1) is 11.3 Å². The van der Waals surface area contributed by atoms with E-state index in [4.69, 9.17) is 5.26 Å². The molecule has 20 heavy (non-hydrogen) atoms. The van der Waals surface area contributed by atoms with Crippen molar-refractivity contribution in [3.63, 3.8) is 0 Å². The molecule has 0 unspecified atom stereocenters. The van der Waals surface area contributed by atoms with E-state index in [1.54, 1.807) is 37.3 Å². The zero-order valence-electron chi connectivity index (χ0n) is 10.6. The summed E-state index contributed by atoms with van der Waals surface area (Å²) in [4.78, 5) is 1.01. The molecule has 0 spiro atoms. The van der Waals surface area contributed by atoms with Crippen LogP contribution < -0.4 is 4.72 Å². The molecule has 0 bridgehead atoms. The normalized spacial score (nSPS) is 11.2. The second-order valence-corrected chi connectivity index (χ2v) is 8.48. The number of benzene rings is 1. The van der Waals surface area contributed by atoms with E-state index < -0.39 is 10.0 Å². The number of nitrogens with zero attached hydrogens (tertiary/aromatic N) is 1. The van der Waals surface area contributed by atoms with Crippen molar-refractivity contribution in [1.29, 1.82) is 5.26 Å². The Bertz CT molecular complexity index is 776. The smallest absolute Gasteiger partial charge is 0.207 e. The van der Waals surface area contributed by atoms with Crippen LogP contribution in [0, 0.1) is 18.3 Å². The standard InChI is InChI=1S/C13H11BrN2O2S2/c1-9-12(6-13(14)19-9)20(17,18)16-8-11-4-2-3-10(5-11)7-15/h2-6,16H,8H2,1H3. The molecule has 0 aliphatic heterocycles. The minimum Gasteiger partial charge on any atom is -0.207 e. The van der Waals surface area contributed by atoms with E-state index in [9.17, 15) is 8.42 Å². The summed E-state index contributed by atoms with van der Waals surface area (Å²) in [5, 5.41) is 8.81. The van der Waals surface area contributed by atoms with Crippen LogP contribution in [-0.2, 0) is 16.6 Å². The second kappa shape index (κ2) is 6.06. The average Bonchev–Trinajstić information content (AvgIpc) is 2.77. The van der Waals surface area contributed by atoms with E-state index in [1.807, 2.05) is 6.07 Å². The number of hydrogen-bond donors (Lipinski definition) is 1. The summed E-state index contributed by atoms with van der Waals surface area (Å²) in [5.74, 6) is 0. The Kier molecular flexibility index (Phi) is 4.60. The highest BCUT2D eigenvalue weighted by atomic mass is 79.9. The minimum absolute atomic E-state index is 0.157. The Balaban J connectivity index is 2.17. The van der Waals surface area contributed by atoms with Crippen molar-refractivity contribution < 1.29 is 8.42 Å². The maximum absolute atomic E-state index is 12.2. The van der Waals surface area contributed by atoms with Crippen LogP contribution in [-0.4, -0.2) is 8.42 Å². The Morgan fingerprint density at radius 2 is 2.15 bits per heavy atom. The van der Waals surface area contributed by atoms with E-state index in [-0.39, 0.29) is 11.4 Å². The Hall–Kier alpha value is -1.20. The zero-order chi connectivity index (χ0) is 14.8. The molecule has 4 nitrogen and oxygen atoms in total. The van der Waals surface area contributed by atoms with Crippen LogP contribution in [0.5, 0.6) is 0 Å². The summed E-state index contributed by atoms with van der Waals surface area (Å²) in [6.45, 7) is 1.92. The lowest BCUT2D eigenvalue weighted by molar-refractivity contribution is 0.581. The van der Waals surface area contributed by atoms with Gasteiger partial charge in [0, 0.05) is 11.4 Å². The maximum Gasteiger partial charge on any atom is 0.242 e. The van der Waals surface area contributed by atoms with Gasteiger partial charge in [-0.1, -0.05) is 12.1 Å². The zero-order valence-corrected chi connectivity index (χ0v) is 13.8. The van der Waals surface area contributed by atoms with Crippen molar-refractivity contribution in [1.82, 2.24) is 4.72 Å². The molecule has 7 heteroatoms. The van der Waals surface area contributed by atoms with Gasteiger partial charge in [-0.25, -0.2) is 13.1 Å². The first kappa shape index (κ1) is 15.2. The lowest BCUT2D eigenvalue weighted by atomic mass is 10.1. The van der Waals surface area contributed by atoms with Crippen molar-refractivity contribution in [2.75, 3.05) is 0 Å². The monoisotopic (exact) mass is 370 g/mol. The highest BCUT2D eigenvalue weighted by Gasteiger charge is 2.19. The fourth-order valence-corrected chi connectivity index (χ4v) is 5.13. The van der Waals surface area contributed by atoms with Gasteiger partial charge in [0.1, 0.15) is 0 Å². The van der Waals surface area contributed by atoms with Crippen LogP contribution >= 0.6 is 27.3 Å². The van der Waals surface area contributed by atoms with E-state index >= 15 is 0 Å². The molecule has 0 saturated carbocycles. The first-order valence-corrected chi connectivity index (χ1v) is 8.76. The predicted octanol–water partition coefficient (Wildman–Crippen LogP) is 3.17. The number of rotatable bonds is 4. The van der Waals surface area contributed by atoms with Crippen LogP contribution in [0.25, 0.3) is 0 Å². The molecule has 1 aromatic carbocycles. The van der Waals surface area contributed by atoms with E-state index in [1.165, 1.54) is 11.3 Å². The summed E-state index contributed by atoms with van der Waals surface area (Å²) in [5.41, 5.74) is 1.26. The molecule has 0 aliphatic rings. The van der Waals surface area contributed by atoms with Gasteiger partial charge >= 0.3 is 0 Å². The van der Waals surface area contributed by atoms with Crippen molar-refractivity contribution in [2.24, 2.45) is 0 Å². The molecule has 2 rings (SSSR count). The summed E-state index contributed by atoms with van der Waals surface area (Å²) >= 11 is 4.66. The highest BCUT2D eigenvalue weighted by Crippen LogP contribution is 2.29. The molecule has 0 radical (unpaired) electrons. The SMILES string of the molecule is Cc1sc(Br)cc1S(=O)(=O)NCc1cccc(C#N)c1. The fraction of sp³-hybridized carbons (Fsp3) is 0.154. The second-order valence-electron chi connectivity index (χ2n) is 4.11. The number of aryl methyl sites for hydroxylation is 1. The molecule has 104 valence electrons. The summed E-state index contributed by atoms with van der Waals surface area (Å²) < 4.78 is 27.7. The van der Waals surface area contributed by atoms with Crippen LogP contribution in [0.3, 0.4) is 0 Å². The minimum atomic E-state index is -3.54. The number of halogens is 1. The Labute approximate surface area is 130 Å². The van der Waals surface area contributed by atoms with Gasteiger partial charge in [-0.3, -0.25) is 0 Å². The van der Waals surface area contributed by atoms with Crippen molar-refractivity contribution in [3.05, 3.63) is 50.1 Å². The van der Waals surface area contributed by atoms with E-state index in [0.29, 0.717) is 5.56 Å². The molecule has 0 fully saturated rings. The molecular formula is C13H11BrN2O2S2. The predicted molar refractivity (Wildman–Crippen MR) is 81.9 cm³/mol. The molecule has 1 heterocycles. The highest BCUT2D eigenvalue weighted by molar-refractivity contribution is 9.11. The molecular weight excluding hydrogens is 360 g/mol. The molecule has 0 atom stereocenters. The Morgan fingerprint density at radius 1 is 1.40 bits per heavy atom. The molecule has 1 N–H and O–H groups in total. The van der Waals surface area contributed by atoms with Crippen LogP contribution in [0.2, 0.25) is 0 Å². The molecule has 1 aromatic heterocycles. The number of nitrogens with one attached hydrogen (secondary N) is 1. The topological polar surface area (TPSA) is 70.0 Å². The van der Waals surface area contributed by atoms with Crippen molar-refractivity contribution in [2.45, 2.75) is 18.4 Å². The van der Waals surface area contributed by atoms with Gasteiger partial charge in [0.2, 0.25) is 10.0 Å². The number of thiophene rings is 1. The molecule has 0 saturated heterocycles. The molecule has 0 aliphatic carbocycles. The first-order valence-electron chi connectivity index (χ1n) is 5.67. The maximum atomic E-state index is 12.2. The number of sulfonamides is 1. The molecule has 0 amide bonds. The summed E-state index contributed by atoms with van der Waals surface area (Å²) in [6, 6.07) is 10.5. The van der Waals surface area contributed by atoms with Gasteiger partial charge in [0.25, 0.3) is 0 Å². The third kappa shape index (κ3) is 3.46. The van der Waals surface area contributed by atoms with Gasteiger partial charge in [-0.2, -0.15) is 5.26 Å². The number of hydrogen-bond acceptors (Lipinski definition) is 4. The molecule has 2 aromatic rings.